The third kappa shape index (κ3) is 2.99. The van der Waals surface area contributed by atoms with Crippen LogP contribution in [0.5, 0.6) is 0 Å². The maximum absolute atomic E-state index is 10.1. The minimum Gasteiger partial charge on any atom is -0.376 e. The van der Waals surface area contributed by atoms with E-state index < -0.39 is 0 Å². The average Bonchev–Trinajstić information content (AvgIpc) is 1.83. The fourth-order valence-corrected chi connectivity index (χ4v) is 0.520. The Kier molecular flexibility index (Phi) is 5.01. The van der Waals surface area contributed by atoms with Gasteiger partial charge < -0.3 is 4.74 Å². The fraction of sp³-hybridized carbons (Fsp3) is 1.00. The van der Waals surface area contributed by atoms with Crippen LogP contribution in [0.15, 0.2) is 0 Å². The van der Waals surface area contributed by atoms with E-state index >= 15 is 0 Å². The summed E-state index contributed by atoms with van der Waals surface area (Å²) in [5.41, 5.74) is 0. The zero-order valence-corrected chi connectivity index (χ0v) is 5.52. The summed E-state index contributed by atoms with van der Waals surface area (Å²) in [5.74, 6) is 0. The molecule has 0 aliphatic carbocycles. The summed E-state index contributed by atoms with van der Waals surface area (Å²) in [6.07, 6.45) is 0.775. The van der Waals surface area contributed by atoms with E-state index in [1.54, 1.807) is 0 Å². The molecule has 0 aromatic carbocycles. The topological polar surface area (TPSA) is 29.1 Å². The first-order valence-corrected chi connectivity index (χ1v) is 3.04. The van der Waals surface area contributed by atoms with Crippen LogP contribution in [0.3, 0.4) is 0 Å². The van der Waals surface area contributed by atoms with Gasteiger partial charge in [0.25, 0.3) is 0 Å². The molecule has 49 valence electrons. The van der Waals surface area contributed by atoms with Gasteiger partial charge in [0.05, 0.1) is 6.10 Å². The highest BCUT2D eigenvalue weighted by Gasteiger charge is 2.01. The van der Waals surface area contributed by atoms with Gasteiger partial charge in [-0.1, -0.05) is 6.92 Å². The molecule has 0 bridgehead atoms. The molecule has 2 nitrogen and oxygen atoms in total. The van der Waals surface area contributed by atoms with Crippen LogP contribution in [0.2, 0.25) is 0 Å². The number of rotatable bonds is 4. The van der Waals surface area contributed by atoms with Crippen molar-refractivity contribution in [1.82, 2.24) is 0 Å². The van der Waals surface area contributed by atoms with E-state index in [0.717, 1.165) is 6.42 Å². The molecule has 0 N–H and O–H groups in total. The summed E-state index contributed by atoms with van der Waals surface area (Å²) in [6.45, 7) is 4.40. The Labute approximate surface area is 50.5 Å². The maximum atomic E-state index is 10.1. The second-order valence-corrected chi connectivity index (χ2v) is 1.65. The van der Waals surface area contributed by atoms with Gasteiger partial charge >= 0.3 is 0 Å². The Morgan fingerprint density at radius 3 is 2.25 bits per heavy atom. The summed E-state index contributed by atoms with van der Waals surface area (Å²) in [4.78, 5) is 0. The van der Waals surface area contributed by atoms with Crippen molar-refractivity contribution in [1.29, 1.82) is 0 Å². The van der Waals surface area contributed by atoms with Crippen LogP contribution in [-0.2, 0) is 9.84 Å². The van der Waals surface area contributed by atoms with Crippen LogP contribution >= 0.6 is 0 Å². The molecule has 0 heterocycles. The molecule has 0 aliphatic heterocycles. The molecule has 2 heteroatoms. The van der Waals surface area contributed by atoms with E-state index in [4.69, 9.17) is 4.74 Å². The van der Waals surface area contributed by atoms with E-state index in [1.807, 2.05) is 13.8 Å². The molecule has 0 saturated heterocycles. The smallest absolute Gasteiger partial charge is 0.108 e. The summed E-state index contributed by atoms with van der Waals surface area (Å²) >= 11 is 0. The summed E-state index contributed by atoms with van der Waals surface area (Å²) in [6, 6.07) is 0. The monoisotopic (exact) mass is 117 g/mol. The molecule has 0 amide bonds. The van der Waals surface area contributed by atoms with Crippen LogP contribution in [-0.4, -0.2) is 19.3 Å². The predicted molar refractivity (Wildman–Crippen MR) is 31.3 cm³/mol. The normalized spacial score (nSPS) is 13.9. The van der Waals surface area contributed by atoms with Crippen molar-refractivity contribution in [2.45, 2.75) is 26.4 Å². The second-order valence-electron chi connectivity index (χ2n) is 1.65. The highest BCUT2D eigenvalue weighted by molar-refractivity contribution is 4.48. The third-order valence-corrected chi connectivity index (χ3v) is 1.04. The largest absolute Gasteiger partial charge is 0.376 e. The van der Waals surface area contributed by atoms with E-state index in [9.17, 15) is 5.11 Å². The fourth-order valence-electron chi connectivity index (χ4n) is 0.520. The molecule has 1 radical (unpaired) electrons. The molecule has 0 rings (SSSR count). The SMILES string of the molecule is CCOC(CC)C[O]. The van der Waals surface area contributed by atoms with Gasteiger partial charge in [-0.3, -0.25) is 0 Å². The Hall–Kier alpha value is -0.0800. The first kappa shape index (κ1) is 7.92. The lowest BCUT2D eigenvalue weighted by Gasteiger charge is -2.08. The van der Waals surface area contributed by atoms with E-state index in [1.165, 1.54) is 0 Å². The number of hydrogen-bond acceptors (Lipinski definition) is 1. The molecule has 0 spiro atoms. The van der Waals surface area contributed by atoms with E-state index in [0.29, 0.717) is 6.61 Å². The lowest BCUT2D eigenvalue weighted by molar-refractivity contribution is -0.00461. The molecule has 0 aromatic heterocycles. The molecule has 1 atom stereocenters. The summed E-state index contributed by atoms with van der Waals surface area (Å²) in [7, 11) is 0. The molecule has 0 saturated carbocycles. The molecular weight excluding hydrogens is 104 g/mol. The molecule has 0 fully saturated rings. The van der Waals surface area contributed by atoms with Gasteiger partial charge in [0.1, 0.15) is 6.61 Å². The Bertz CT molecular complexity index is 41.8. The minimum absolute atomic E-state index is 0.0556. The average molecular weight is 117 g/mol. The van der Waals surface area contributed by atoms with Crippen LogP contribution in [0.1, 0.15) is 20.3 Å². The second kappa shape index (κ2) is 5.06. The standard InChI is InChI=1S/C6H13O2/c1-3-6(5-7)8-4-2/h6H,3-5H2,1-2H3. The van der Waals surface area contributed by atoms with Crippen molar-refractivity contribution in [3.63, 3.8) is 0 Å². The van der Waals surface area contributed by atoms with Crippen molar-refractivity contribution in [2.75, 3.05) is 13.2 Å². The lowest BCUT2D eigenvalue weighted by Crippen LogP contribution is -2.14. The van der Waals surface area contributed by atoms with Crippen LogP contribution in [0, 0.1) is 0 Å². The third-order valence-electron chi connectivity index (χ3n) is 1.04. The number of ether oxygens (including phenoxy) is 1. The molecule has 0 aromatic rings. The summed E-state index contributed by atoms with van der Waals surface area (Å²) < 4.78 is 5.03. The minimum atomic E-state index is -0.107. The van der Waals surface area contributed by atoms with E-state index in [-0.39, 0.29) is 12.7 Å². The van der Waals surface area contributed by atoms with Crippen LogP contribution in [0.25, 0.3) is 0 Å². The van der Waals surface area contributed by atoms with Gasteiger partial charge in [0.2, 0.25) is 0 Å². The van der Waals surface area contributed by atoms with Gasteiger partial charge in [-0.2, -0.15) is 0 Å². The molecular formula is C6H13O2. The first-order chi connectivity index (χ1) is 3.85. The number of hydrogen-bond donors (Lipinski definition) is 0. The van der Waals surface area contributed by atoms with Crippen LogP contribution < -0.4 is 0 Å². The van der Waals surface area contributed by atoms with Crippen molar-refractivity contribution < 1.29 is 9.84 Å². The van der Waals surface area contributed by atoms with E-state index in [2.05, 4.69) is 0 Å². The van der Waals surface area contributed by atoms with Gasteiger partial charge in [-0.25, -0.2) is 5.11 Å². The van der Waals surface area contributed by atoms with Crippen molar-refractivity contribution in [3.05, 3.63) is 0 Å². The zero-order chi connectivity index (χ0) is 6.41. The van der Waals surface area contributed by atoms with Gasteiger partial charge in [-0.15, -0.1) is 0 Å². The van der Waals surface area contributed by atoms with Gasteiger partial charge in [0.15, 0.2) is 0 Å². The molecule has 8 heavy (non-hydrogen) atoms. The van der Waals surface area contributed by atoms with Crippen molar-refractivity contribution >= 4 is 0 Å². The Balaban J connectivity index is 3.07. The zero-order valence-electron chi connectivity index (χ0n) is 5.52. The lowest BCUT2D eigenvalue weighted by atomic mass is 10.3. The van der Waals surface area contributed by atoms with Gasteiger partial charge in [-0.05, 0) is 13.3 Å². The highest BCUT2D eigenvalue weighted by Crippen LogP contribution is 1.94. The maximum Gasteiger partial charge on any atom is 0.108 e. The van der Waals surface area contributed by atoms with Crippen LogP contribution in [0.4, 0.5) is 0 Å². The molecule has 1 unspecified atom stereocenters. The first-order valence-electron chi connectivity index (χ1n) is 3.04. The summed E-state index contributed by atoms with van der Waals surface area (Å²) in [5, 5.41) is 10.1. The van der Waals surface area contributed by atoms with Crippen molar-refractivity contribution in [3.8, 4) is 0 Å². The highest BCUT2D eigenvalue weighted by atomic mass is 16.5. The Morgan fingerprint density at radius 2 is 2.12 bits per heavy atom. The van der Waals surface area contributed by atoms with Gasteiger partial charge in [0, 0.05) is 6.61 Å². The quantitative estimate of drug-likeness (QED) is 0.544. The van der Waals surface area contributed by atoms with Crippen molar-refractivity contribution in [2.24, 2.45) is 0 Å². The predicted octanol–water partition coefficient (Wildman–Crippen LogP) is 1.23. The molecule has 0 aliphatic rings. The Morgan fingerprint density at radius 1 is 1.50 bits per heavy atom.